The van der Waals surface area contributed by atoms with E-state index in [1.54, 1.807) is 18.5 Å². The van der Waals surface area contributed by atoms with E-state index in [9.17, 15) is 17.6 Å². The Balaban J connectivity index is 1.62. The fourth-order valence-electron chi connectivity index (χ4n) is 3.20. The van der Waals surface area contributed by atoms with E-state index in [0.717, 1.165) is 36.6 Å². The summed E-state index contributed by atoms with van der Waals surface area (Å²) in [6, 6.07) is 9.05. The van der Waals surface area contributed by atoms with Crippen LogP contribution in [0.2, 0.25) is 0 Å². The second-order valence-corrected chi connectivity index (χ2v) is 7.10. The van der Waals surface area contributed by atoms with Gasteiger partial charge in [0.1, 0.15) is 11.6 Å². The van der Waals surface area contributed by atoms with E-state index in [1.807, 2.05) is 0 Å². The van der Waals surface area contributed by atoms with Crippen molar-refractivity contribution in [2.24, 2.45) is 0 Å². The molecule has 32 heavy (non-hydrogen) atoms. The summed E-state index contributed by atoms with van der Waals surface area (Å²) >= 11 is 0. The molecule has 0 aliphatic rings. The van der Waals surface area contributed by atoms with Crippen LogP contribution in [-0.2, 0) is 6.42 Å². The molecule has 3 aromatic carbocycles. The first-order valence-corrected chi connectivity index (χ1v) is 9.77. The molecule has 0 bridgehead atoms. The number of allylic oxidation sites excluding steroid dienone is 1. The fraction of sp³-hybridized carbons (Fsp3) is 0.0769. The molecule has 0 aliphatic heterocycles. The van der Waals surface area contributed by atoms with Crippen LogP contribution in [0.15, 0.2) is 67.5 Å². The van der Waals surface area contributed by atoms with Crippen LogP contribution in [0.3, 0.4) is 0 Å². The SMILES string of the molecule is C=CCCc1cnc(-c2cc(F)c(C#Cc3ccc4c(F)c(F)ccc4c3)c(F)c2)nc1. The van der Waals surface area contributed by atoms with Crippen molar-refractivity contribution in [3.63, 3.8) is 0 Å². The number of benzene rings is 3. The molecule has 0 radical (unpaired) electrons. The zero-order valence-electron chi connectivity index (χ0n) is 16.8. The van der Waals surface area contributed by atoms with Gasteiger partial charge in [0.2, 0.25) is 0 Å². The average molecular weight is 432 g/mol. The topological polar surface area (TPSA) is 25.8 Å². The minimum absolute atomic E-state index is 0.104. The highest BCUT2D eigenvalue weighted by molar-refractivity contribution is 5.84. The van der Waals surface area contributed by atoms with Gasteiger partial charge in [-0.15, -0.1) is 6.58 Å². The summed E-state index contributed by atoms with van der Waals surface area (Å²) < 4.78 is 56.3. The van der Waals surface area contributed by atoms with Crippen LogP contribution >= 0.6 is 0 Å². The summed E-state index contributed by atoms with van der Waals surface area (Å²) in [7, 11) is 0. The molecule has 0 saturated heterocycles. The highest BCUT2D eigenvalue weighted by atomic mass is 19.2. The molecule has 0 fully saturated rings. The van der Waals surface area contributed by atoms with Gasteiger partial charge in [-0.1, -0.05) is 30.0 Å². The molecular weight excluding hydrogens is 416 g/mol. The number of hydrogen-bond acceptors (Lipinski definition) is 2. The van der Waals surface area contributed by atoms with Gasteiger partial charge in [-0.05, 0) is 54.1 Å². The largest absolute Gasteiger partial charge is 0.236 e. The van der Waals surface area contributed by atoms with E-state index >= 15 is 0 Å². The molecular formula is C26H16F4N2. The zero-order valence-corrected chi connectivity index (χ0v) is 16.8. The maximum absolute atomic E-state index is 14.6. The number of aryl methyl sites for hydroxylation is 1. The van der Waals surface area contributed by atoms with Crippen molar-refractivity contribution in [2.75, 3.05) is 0 Å². The van der Waals surface area contributed by atoms with Crippen molar-refractivity contribution in [3.05, 3.63) is 107 Å². The summed E-state index contributed by atoms with van der Waals surface area (Å²) in [6.07, 6.45) is 6.53. The minimum Gasteiger partial charge on any atom is -0.236 e. The number of halogens is 4. The molecule has 0 spiro atoms. The van der Waals surface area contributed by atoms with Gasteiger partial charge in [0.15, 0.2) is 17.5 Å². The summed E-state index contributed by atoms with van der Waals surface area (Å²) in [5, 5.41) is 0.536. The van der Waals surface area contributed by atoms with Crippen molar-refractivity contribution in [1.82, 2.24) is 9.97 Å². The van der Waals surface area contributed by atoms with Crippen molar-refractivity contribution >= 4 is 10.8 Å². The summed E-state index contributed by atoms with van der Waals surface area (Å²) in [4.78, 5) is 8.35. The Morgan fingerprint density at radius 3 is 2.25 bits per heavy atom. The van der Waals surface area contributed by atoms with E-state index in [-0.39, 0.29) is 16.8 Å². The summed E-state index contributed by atoms with van der Waals surface area (Å²) in [6.45, 7) is 3.66. The lowest BCUT2D eigenvalue weighted by atomic mass is 10.1. The van der Waals surface area contributed by atoms with Crippen molar-refractivity contribution < 1.29 is 17.6 Å². The molecule has 4 rings (SSSR count). The average Bonchev–Trinajstić information content (AvgIpc) is 2.80. The van der Waals surface area contributed by atoms with Gasteiger partial charge >= 0.3 is 0 Å². The summed E-state index contributed by atoms with van der Waals surface area (Å²) in [5.41, 5.74) is 1.10. The van der Waals surface area contributed by atoms with E-state index < -0.39 is 28.8 Å². The van der Waals surface area contributed by atoms with Gasteiger partial charge in [-0.25, -0.2) is 27.5 Å². The lowest BCUT2D eigenvalue weighted by molar-refractivity contribution is 0.517. The highest BCUT2D eigenvalue weighted by Crippen LogP contribution is 2.23. The standard InChI is InChI=1S/C26H16F4N2/c1-2-3-4-17-14-31-26(32-15-17)19-12-23(28)21(24(29)13-19)9-6-16-5-8-20-18(11-16)7-10-22(27)25(20)30/h2,5,7-8,10-15H,1,3-4H2. The molecule has 0 amide bonds. The Morgan fingerprint density at radius 1 is 0.844 bits per heavy atom. The maximum Gasteiger partial charge on any atom is 0.166 e. The molecule has 4 aromatic rings. The van der Waals surface area contributed by atoms with Gasteiger partial charge in [0.05, 0.1) is 5.56 Å². The van der Waals surface area contributed by atoms with Crippen LogP contribution in [-0.4, -0.2) is 9.97 Å². The molecule has 1 heterocycles. The van der Waals surface area contributed by atoms with E-state index in [0.29, 0.717) is 10.9 Å². The second-order valence-electron chi connectivity index (χ2n) is 7.10. The molecule has 1 aromatic heterocycles. The molecule has 0 saturated carbocycles. The van der Waals surface area contributed by atoms with E-state index in [1.165, 1.54) is 24.3 Å². The lowest BCUT2D eigenvalue weighted by Gasteiger charge is -2.05. The first-order chi connectivity index (χ1) is 15.5. The van der Waals surface area contributed by atoms with Gasteiger partial charge < -0.3 is 0 Å². The highest BCUT2D eigenvalue weighted by Gasteiger charge is 2.12. The Hall–Kier alpha value is -3.98. The first-order valence-electron chi connectivity index (χ1n) is 9.77. The fourth-order valence-corrected chi connectivity index (χ4v) is 3.20. The number of nitrogens with zero attached hydrogens (tertiary/aromatic N) is 2. The summed E-state index contributed by atoms with van der Waals surface area (Å²) in [5.74, 6) is 1.76. The number of fused-ring (bicyclic) bond motifs is 1. The second kappa shape index (κ2) is 9.03. The third-order valence-corrected chi connectivity index (χ3v) is 4.88. The zero-order chi connectivity index (χ0) is 22.7. The normalized spacial score (nSPS) is 10.6. The molecule has 0 unspecified atom stereocenters. The van der Waals surface area contributed by atoms with Crippen molar-refractivity contribution in [1.29, 1.82) is 0 Å². The van der Waals surface area contributed by atoms with E-state index in [2.05, 4.69) is 28.4 Å². The first kappa shape index (κ1) is 21.3. The smallest absolute Gasteiger partial charge is 0.166 e. The Bertz CT molecular complexity index is 1360. The molecule has 0 N–H and O–H groups in total. The predicted molar refractivity (Wildman–Crippen MR) is 116 cm³/mol. The molecule has 6 heteroatoms. The van der Waals surface area contributed by atoms with Crippen LogP contribution in [0.1, 0.15) is 23.1 Å². The third kappa shape index (κ3) is 4.37. The van der Waals surface area contributed by atoms with Gasteiger partial charge in [-0.3, -0.25) is 0 Å². The van der Waals surface area contributed by atoms with Crippen LogP contribution in [0, 0.1) is 35.1 Å². The minimum atomic E-state index is -0.953. The van der Waals surface area contributed by atoms with Gasteiger partial charge in [0, 0.05) is 28.9 Å². The Labute approximate surface area is 182 Å². The molecule has 0 atom stereocenters. The molecule has 2 nitrogen and oxygen atoms in total. The van der Waals surface area contributed by atoms with E-state index in [4.69, 9.17) is 0 Å². The molecule has 0 aliphatic carbocycles. The molecule has 158 valence electrons. The monoisotopic (exact) mass is 432 g/mol. The van der Waals surface area contributed by atoms with Gasteiger partial charge in [-0.2, -0.15) is 0 Å². The van der Waals surface area contributed by atoms with Crippen molar-refractivity contribution in [2.45, 2.75) is 12.8 Å². The maximum atomic E-state index is 14.6. The Kier molecular flexibility index (Phi) is 6.00. The Morgan fingerprint density at radius 2 is 1.56 bits per heavy atom. The van der Waals surface area contributed by atoms with Crippen LogP contribution < -0.4 is 0 Å². The van der Waals surface area contributed by atoms with Gasteiger partial charge in [0.25, 0.3) is 0 Å². The van der Waals surface area contributed by atoms with Crippen LogP contribution in [0.4, 0.5) is 17.6 Å². The lowest BCUT2D eigenvalue weighted by Crippen LogP contribution is -1.96. The third-order valence-electron chi connectivity index (χ3n) is 4.88. The van der Waals surface area contributed by atoms with Crippen molar-refractivity contribution in [3.8, 4) is 23.2 Å². The number of rotatable bonds is 4. The van der Waals surface area contributed by atoms with Crippen LogP contribution in [0.25, 0.3) is 22.2 Å². The number of hydrogen-bond donors (Lipinski definition) is 0. The predicted octanol–water partition coefficient (Wildman–Crippen LogP) is 6.37. The quantitative estimate of drug-likeness (QED) is 0.213. The number of aromatic nitrogens is 2. The van der Waals surface area contributed by atoms with Crippen LogP contribution in [0.5, 0.6) is 0 Å².